The fourth-order valence-corrected chi connectivity index (χ4v) is 6.73. The van der Waals surface area contributed by atoms with E-state index < -0.39 is 5.60 Å². The second kappa shape index (κ2) is 8.70. The first kappa shape index (κ1) is 21.6. The molecule has 3 aromatic rings. The average Bonchev–Trinajstić information content (AvgIpc) is 3.05. The Hall–Kier alpha value is -2.91. The van der Waals surface area contributed by atoms with Crippen LogP contribution in [0.3, 0.4) is 0 Å². The molecule has 6 rings (SSSR count). The maximum Gasteiger partial charge on any atom is 0.339 e. The highest BCUT2D eigenvalue weighted by molar-refractivity contribution is 5.94. The Bertz CT molecular complexity index is 1170. The van der Waals surface area contributed by atoms with E-state index in [9.17, 15) is 4.79 Å². The number of likely N-dealkylation sites (tertiary alicyclic amines) is 1. The minimum absolute atomic E-state index is 0.151. The van der Waals surface area contributed by atoms with Crippen LogP contribution in [0.4, 0.5) is 0 Å². The molecule has 0 amide bonds. The van der Waals surface area contributed by atoms with Crippen molar-refractivity contribution in [3.8, 4) is 0 Å². The van der Waals surface area contributed by atoms with E-state index in [2.05, 4.69) is 66.4 Å². The van der Waals surface area contributed by atoms with Crippen molar-refractivity contribution in [3.05, 3.63) is 106 Å². The van der Waals surface area contributed by atoms with Gasteiger partial charge in [0.25, 0.3) is 0 Å². The zero-order valence-electron chi connectivity index (χ0n) is 20.0. The van der Waals surface area contributed by atoms with Crippen LogP contribution in [0.2, 0.25) is 0 Å². The number of carbonyl (C=O) groups excluding carboxylic acids is 1. The van der Waals surface area contributed by atoms with E-state index in [0.29, 0.717) is 5.92 Å². The van der Waals surface area contributed by atoms with Crippen LogP contribution in [0, 0.1) is 5.92 Å². The molecule has 3 nitrogen and oxygen atoms in total. The Morgan fingerprint density at radius 1 is 0.912 bits per heavy atom. The maximum absolute atomic E-state index is 12.5. The van der Waals surface area contributed by atoms with Gasteiger partial charge in [0.15, 0.2) is 0 Å². The fraction of sp³-hybridized carbons (Fsp3) is 0.387. The third-order valence-corrected chi connectivity index (χ3v) is 8.50. The third-order valence-electron chi connectivity index (χ3n) is 8.50. The number of fused-ring (bicyclic) bond motifs is 4. The molecule has 1 saturated heterocycles. The molecule has 2 unspecified atom stereocenters. The first-order chi connectivity index (χ1) is 16.7. The van der Waals surface area contributed by atoms with Gasteiger partial charge in [-0.1, -0.05) is 73.7 Å². The highest BCUT2D eigenvalue weighted by Crippen LogP contribution is 2.47. The van der Waals surface area contributed by atoms with E-state index in [1.54, 1.807) is 0 Å². The Labute approximate surface area is 202 Å². The molecule has 1 spiro atoms. The summed E-state index contributed by atoms with van der Waals surface area (Å²) >= 11 is 0. The average molecular weight is 452 g/mol. The van der Waals surface area contributed by atoms with Crippen LogP contribution in [0.1, 0.15) is 70.3 Å². The second-order valence-corrected chi connectivity index (χ2v) is 10.4. The molecular weight excluding hydrogens is 418 g/mol. The number of hydrogen-bond acceptors (Lipinski definition) is 3. The number of esters is 1. The molecule has 2 aliphatic heterocycles. The van der Waals surface area contributed by atoms with Crippen LogP contribution < -0.4 is 0 Å². The zero-order chi connectivity index (χ0) is 23.1. The third kappa shape index (κ3) is 3.58. The SMILES string of the molecule is CC1CN(CCCC2c3ccccc3CCc3ccccc32)CCC12OC(=O)c1ccccc12. The van der Waals surface area contributed by atoms with Crippen LogP contribution in [-0.2, 0) is 23.2 Å². The lowest BCUT2D eigenvalue weighted by Gasteiger charge is -2.43. The molecule has 174 valence electrons. The second-order valence-electron chi connectivity index (χ2n) is 10.4. The first-order valence-electron chi connectivity index (χ1n) is 12.9. The number of aryl methyl sites for hydroxylation is 2. The summed E-state index contributed by atoms with van der Waals surface area (Å²) in [5, 5.41) is 0. The summed E-state index contributed by atoms with van der Waals surface area (Å²) < 4.78 is 6.05. The van der Waals surface area contributed by atoms with Crippen LogP contribution >= 0.6 is 0 Å². The van der Waals surface area contributed by atoms with Gasteiger partial charge >= 0.3 is 5.97 Å². The number of ether oxygens (including phenoxy) is 1. The number of benzene rings is 3. The molecule has 0 aromatic heterocycles. The molecule has 0 saturated carbocycles. The Morgan fingerprint density at radius 3 is 2.26 bits per heavy atom. The highest BCUT2D eigenvalue weighted by Gasteiger charge is 2.51. The van der Waals surface area contributed by atoms with E-state index >= 15 is 0 Å². The van der Waals surface area contributed by atoms with Gasteiger partial charge in [-0.25, -0.2) is 4.79 Å². The van der Waals surface area contributed by atoms with Crippen molar-refractivity contribution in [2.24, 2.45) is 5.92 Å². The monoisotopic (exact) mass is 451 g/mol. The number of piperidine rings is 1. The van der Waals surface area contributed by atoms with Crippen LogP contribution in [0.5, 0.6) is 0 Å². The summed E-state index contributed by atoms with van der Waals surface area (Å²) in [5.41, 5.74) is 7.48. The van der Waals surface area contributed by atoms with Gasteiger partial charge < -0.3 is 9.64 Å². The summed E-state index contributed by atoms with van der Waals surface area (Å²) in [5.74, 6) is 0.612. The van der Waals surface area contributed by atoms with Gasteiger partial charge in [0, 0.05) is 36.9 Å². The van der Waals surface area contributed by atoms with E-state index in [-0.39, 0.29) is 11.9 Å². The van der Waals surface area contributed by atoms with E-state index in [1.165, 1.54) is 35.1 Å². The quantitative estimate of drug-likeness (QED) is 0.449. The number of rotatable bonds is 4. The fourth-order valence-electron chi connectivity index (χ4n) is 6.73. The Balaban J connectivity index is 1.15. The van der Waals surface area contributed by atoms with Crippen molar-refractivity contribution in [1.82, 2.24) is 4.90 Å². The number of nitrogens with zero attached hydrogens (tertiary/aromatic N) is 1. The number of hydrogen-bond donors (Lipinski definition) is 0. The molecule has 2 heterocycles. The zero-order valence-corrected chi connectivity index (χ0v) is 20.0. The standard InChI is InChI=1S/C31H33NO2/c1-22-21-32(20-18-31(22)29-15-7-6-13-28(29)30(33)34-31)19-8-14-27-25-11-4-2-9-23(25)16-17-24-10-3-5-12-26(24)27/h2-7,9-13,15,22,27H,8,14,16-21H2,1H3. The smallest absolute Gasteiger partial charge is 0.339 e. The summed E-state index contributed by atoms with van der Waals surface area (Å²) in [6.45, 7) is 5.29. The van der Waals surface area contributed by atoms with Crippen LogP contribution in [0.15, 0.2) is 72.8 Å². The van der Waals surface area contributed by atoms with Gasteiger partial charge in [0.05, 0.1) is 5.56 Å². The molecule has 0 N–H and O–H groups in total. The highest BCUT2D eigenvalue weighted by atomic mass is 16.6. The Kier molecular flexibility index (Phi) is 5.53. The van der Waals surface area contributed by atoms with Gasteiger partial charge in [0.1, 0.15) is 5.60 Å². The normalized spacial score (nSPS) is 24.3. The summed E-state index contributed by atoms with van der Waals surface area (Å²) in [6, 6.07) is 26.1. The topological polar surface area (TPSA) is 29.5 Å². The van der Waals surface area contributed by atoms with Crippen molar-refractivity contribution < 1.29 is 9.53 Å². The largest absolute Gasteiger partial charge is 0.450 e. The van der Waals surface area contributed by atoms with Gasteiger partial charge in [-0.2, -0.15) is 0 Å². The van der Waals surface area contributed by atoms with Crippen molar-refractivity contribution in [2.45, 2.75) is 50.5 Å². The predicted octanol–water partition coefficient (Wildman–Crippen LogP) is 6.11. The Morgan fingerprint density at radius 2 is 1.56 bits per heavy atom. The minimum Gasteiger partial charge on any atom is -0.450 e. The number of carbonyl (C=O) groups is 1. The van der Waals surface area contributed by atoms with Gasteiger partial charge in [0.2, 0.25) is 0 Å². The molecular formula is C31H33NO2. The molecule has 0 bridgehead atoms. The maximum atomic E-state index is 12.5. The lowest BCUT2D eigenvalue weighted by Crippen LogP contribution is -2.49. The molecule has 0 radical (unpaired) electrons. The summed E-state index contributed by atoms with van der Waals surface area (Å²) in [4.78, 5) is 15.1. The molecule has 2 atom stereocenters. The molecule has 3 aliphatic rings. The van der Waals surface area contributed by atoms with E-state index in [0.717, 1.165) is 50.0 Å². The summed E-state index contributed by atoms with van der Waals surface area (Å²) in [7, 11) is 0. The van der Waals surface area contributed by atoms with Crippen molar-refractivity contribution in [1.29, 1.82) is 0 Å². The van der Waals surface area contributed by atoms with Crippen molar-refractivity contribution in [3.63, 3.8) is 0 Å². The van der Waals surface area contributed by atoms with Gasteiger partial charge in [-0.15, -0.1) is 0 Å². The lowest BCUT2D eigenvalue weighted by atomic mass is 9.76. The molecule has 1 aliphatic carbocycles. The van der Waals surface area contributed by atoms with Crippen LogP contribution in [0.25, 0.3) is 0 Å². The van der Waals surface area contributed by atoms with Crippen LogP contribution in [-0.4, -0.2) is 30.5 Å². The minimum atomic E-state index is -0.441. The van der Waals surface area contributed by atoms with Gasteiger partial charge in [-0.05, 0) is 60.5 Å². The summed E-state index contributed by atoms with van der Waals surface area (Å²) in [6.07, 6.45) is 5.49. The van der Waals surface area contributed by atoms with Gasteiger partial charge in [-0.3, -0.25) is 0 Å². The molecule has 3 aromatic carbocycles. The molecule has 3 heteroatoms. The molecule has 34 heavy (non-hydrogen) atoms. The van der Waals surface area contributed by atoms with Crippen molar-refractivity contribution in [2.75, 3.05) is 19.6 Å². The van der Waals surface area contributed by atoms with E-state index in [1.807, 2.05) is 18.2 Å². The van der Waals surface area contributed by atoms with E-state index in [4.69, 9.17) is 4.74 Å². The first-order valence-corrected chi connectivity index (χ1v) is 12.9. The predicted molar refractivity (Wildman–Crippen MR) is 135 cm³/mol. The lowest BCUT2D eigenvalue weighted by molar-refractivity contribution is -0.0771. The molecule has 1 fully saturated rings. The van der Waals surface area contributed by atoms with Crippen molar-refractivity contribution >= 4 is 5.97 Å².